The maximum absolute atomic E-state index is 13.1. The number of methoxy groups -OCH3 is 1. The minimum absolute atomic E-state index is 0.0744. The van der Waals surface area contributed by atoms with Crippen LogP contribution in [-0.2, 0) is 9.53 Å². The van der Waals surface area contributed by atoms with Crippen molar-refractivity contribution in [3.8, 4) is 0 Å². The SMILES string of the molecule is COC1(C(F)(F)F)CCN(CC(=O)Nc2cccc(C)c2C)CC1. The van der Waals surface area contributed by atoms with Crippen LogP contribution in [-0.4, -0.2) is 49.3 Å². The molecule has 1 N–H and O–H groups in total. The van der Waals surface area contributed by atoms with Gasteiger partial charge in [-0.25, -0.2) is 0 Å². The van der Waals surface area contributed by atoms with Crippen molar-refractivity contribution in [2.75, 3.05) is 32.1 Å². The summed E-state index contributed by atoms with van der Waals surface area (Å²) in [6, 6.07) is 5.63. The van der Waals surface area contributed by atoms with Gasteiger partial charge in [-0.2, -0.15) is 13.2 Å². The van der Waals surface area contributed by atoms with Gasteiger partial charge in [-0.05, 0) is 43.9 Å². The zero-order valence-electron chi connectivity index (χ0n) is 14.2. The number of amides is 1. The second-order valence-corrected chi connectivity index (χ2v) is 6.27. The summed E-state index contributed by atoms with van der Waals surface area (Å²) in [5.74, 6) is -0.222. The van der Waals surface area contributed by atoms with Crippen LogP contribution in [0.25, 0.3) is 0 Å². The number of likely N-dealkylation sites (tertiary alicyclic amines) is 1. The zero-order valence-corrected chi connectivity index (χ0v) is 14.2. The van der Waals surface area contributed by atoms with Crippen molar-refractivity contribution >= 4 is 11.6 Å². The summed E-state index contributed by atoms with van der Waals surface area (Å²) in [6.45, 7) is 4.30. The van der Waals surface area contributed by atoms with E-state index in [-0.39, 0.29) is 38.4 Å². The maximum atomic E-state index is 13.1. The van der Waals surface area contributed by atoms with Gasteiger partial charge in [0, 0.05) is 25.9 Å². The lowest BCUT2D eigenvalue weighted by Crippen LogP contribution is -2.55. The first kappa shape index (κ1) is 18.7. The first-order valence-corrected chi connectivity index (χ1v) is 7.89. The number of nitrogens with one attached hydrogen (secondary N) is 1. The number of nitrogens with zero attached hydrogens (tertiary/aromatic N) is 1. The predicted octanol–water partition coefficient (Wildman–Crippen LogP) is 3.29. The number of rotatable bonds is 4. The van der Waals surface area contributed by atoms with E-state index in [1.807, 2.05) is 32.0 Å². The minimum Gasteiger partial charge on any atom is -0.369 e. The molecular weight excluding hydrogens is 321 g/mol. The van der Waals surface area contributed by atoms with Crippen molar-refractivity contribution < 1.29 is 22.7 Å². The molecule has 7 heteroatoms. The number of hydrogen-bond acceptors (Lipinski definition) is 3. The highest BCUT2D eigenvalue weighted by Gasteiger charge is 2.56. The topological polar surface area (TPSA) is 41.6 Å². The molecule has 1 amide bonds. The van der Waals surface area contributed by atoms with E-state index in [1.54, 1.807) is 4.90 Å². The highest BCUT2D eigenvalue weighted by molar-refractivity contribution is 5.93. The summed E-state index contributed by atoms with van der Waals surface area (Å²) < 4.78 is 44.2. The molecule has 1 aromatic carbocycles. The molecule has 1 aromatic rings. The molecule has 0 aromatic heterocycles. The maximum Gasteiger partial charge on any atom is 0.417 e. The highest BCUT2D eigenvalue weighted by atomic mass is 19.4. The third kappa shape index (κ3) is 3.89. The Bertz CT molecular complexity index is 594. The van der Waals surface area contributed by atoms with E-state index in [2.05, 4.69) is 5.32 Å². The molecule has 1 aliphatic rings. The van der Waals surface area contributed by atoms with Gasteiger partial charge in [0.25, 0.3) is 0 Å². The van der Waals surface area contributed by atoms with E-state index in [1.165, 1.54) is 0 Å². The summed E-state index contributed by atoms with van der Waals surface area (Å²) in [7, 11) is 1.09. The fraction of sp³-hybridized carbons (Fsp3) is 0.588. The molecule has 1 aliphatic heterocycles. The molecule has 0 unspecified atom stereocenters. The fourth-order valence-corrected chi connectivity index (χ4v) is 2.96. The van der Waals surface area contributed by atoms with E-state index in [0.29, 0.717) is 0 Å². The average molecular weight is 344 g/mol. The molecular formula is C17H23F3N2O2. The van der Waals surface area contributed by atoms with Gasteiger partial charge >= 0.3 is 6.18 Å². The summed E-state index contributed by atoms with van der Waals surface area (Å²) in [6.07, 6.45) is -4.72. The quantitative estimate of drug-likeness (QED) is 0.911. The Morgan fingerprint density at radius 1 is 1.29 bits per heavy atom. The summed E-state index contributed by atoms with van der Waals surface area (Å²) in [5.41, 5.74) is 0.701. The number of ether oxygens (including phenoxy) is 1. The van der Waals surface area contributed by atoms with E-state index < -0.39 is 11.8 Å². The first-order valence-electron chi connectivity index (χ1n) is 7.89. The van der Waals surface area contributed by atoms with Crippen molar-refractivity contribution in [1.29, 1.82) is 0 Å². The second-order valence-electron chi connectivity index (χ2n) is 6.27. The van der Waals surface area contributed by atoms with Crippen molar-refractivity contribution in [2.24, 2.45) is 0 Å². The number of carbonyl (C=O) groups excluding carboxylic acids is 1. The minimum atomic E-state index is -4.39. The molecule has 1 saturated heterocycles. The summed E-state index contributed by atoms with van der Waals surface area (Å²) in [4.78, 5) is 13.9. The summed E-state index contributed by atoms with van der Waals surface area (Å²) in [5, 5.41) is 2.83. The Kier molecular flexibility index (Phi) is 5.55. The lowest BCUT2D eigenvalue weighted by molar-refractivity contribution is -0.282. The predicted molar refractivity (Wildman–Crippen MR) is 86.0 cm³/mol. The third-order valence-electron chi connectivity index (χ3n) is 4.82. The van der Waals surface area contributed by atoms with Gasteiger partial charge in [0.2, 0.25) is 5.91 Å². The zero-order chi connectivity index (χ0) is 18.0. The van der Waals surface area contributed by atoms with Gasteiger partial charge in [0.05, 0.1) is 6.54 Å². The number of hydrogen-bond donors (Lipinski definition) is 1. The van der Waals surface area contributed by atoms with Crippen LogP contribution >= 0.6 is 0 Å². The Morgan fingerprint density at radius 2 is 1.92 bits per heavy atom. The van der Waals surface area contributed by atoms with Crippen LogP contribution in [0.1, 0.15) is 24.0 Å². The number of aryl methyl sites for hydroxylation is 1. The molecule has 2 rings (SSSR count). The number of piperidine rings is 1. The first-order chi connectivity index (χ1) is 11.2. The number of anilines is 1. The molecule has 0 atom stereocenters. The number of alkyl halides is 3. The van der Waals surface area contributed by atoms with Gasteiger partial charge in [-0.15, -0.1) is 0 Å². The smallest absolute Gasteiger partial charge is 0.369 e. The van der Waals surface area contributed by atoms with Gasteiger partial charge < -0.3 is 10.1 Å². The molecule has 0 saturated carbocycles. The van der Waals surface area contributed by atoms with Crippen LogP contribution in [0.4, 0.5) is 18.9 Å². The van der Waals surface area contributed by atoms with E-state index in [9.17, 15) is 18.0 Å². The van der Waals surface area contributed by atoms with Gasteiger partial charge in [0.1, 0.15) is 0 Å². The Balaban J connectivity index is 1.92. The third-order valence-corrected chi connectivity index (χ3v) is 4.82. The average Bonchev–Trinajstić information content (AvgIpc) is 2.51. The lowest BCUT2D eigenvalue weighted by Gasteiger charge is -2.41. The normalized spacial score (nSPS) is 18.4. The largest absolute Gasteiger partial charge is 0.417 e. The fourth-order valence-electron chi connectivity index (χ4n) is 2.96. The molecule has 1 heterocycles. The van der Waals surface area contributed by atoms with Gasteiger partial charge in [-0.3, -0.25) is 9.69 Å². The van der Waals surface area contributed by atoms with Crippen molar-refractivity contribution in [3.63, 3.8) is 0 Å². The molecule has 134 valence electrons. The van der Waals surface area contributed by atoms with E-state index in [4.69, 9.17) is 4.74 Å². The standard InChI is InChI=1S/C17H23F3N2O2/c1-12-5-4-6-14(13(12)2)21-15(23)11-22-9-7-16(24-3,8-10-22)17(18,19)20/h4-6H,7-11H2,1-3H3,(H,21,23). The molecule has 0 spiro atoms. The van der Waals surface area contributed by atoms with E-state index >= 15 is 0 Å². The summed E-state index contributed by atoms with van der Waals surface area (Å²) >= 11 is 0. The van der Waals surface area contributed by atoms with Crippen LogP contribution in [0.2, 0.25) is 0 Å². The van der Waals surface area contributed by atoms with Crippen molar-refractivity contribution in [3.05, 3.63) is 29.3 Å². The van der Waals surface area contributed by atoms with Gasteiger partial charge in [-0.1, -0.05) is 12.1 Å². The molecule has 1 fully saturated rings. The van der Waals surface area contributed by atoms with Crippen LogP contribution in [0.5, 0.6) is 0 Å². The molecule has 0 bridgehead atoms. The molecule has 4 nitrogen and oxygen atoms in total. The second kappa shape index (κ2) is 7.11. The van der Waals surface area contributed by atoms with Crippen LogP contribution in [0.15, 0.2) is 18.2 Å². The highest BCUT2D eigenvalue weighted by Crippen LogP contribution is 2.41. The number of benzene rings is 1. The Morgan fingerprint density at radius 3 is 2.46 bits per heavy atom. The van der Waals surface area contributed by atoms with Crippen molar-refractivity contribution in [1.82, 2.24) is 4.90 Å². The van der Waals surface area contributed by atoms with Crippen molar-refractivity contribution in [2.45, 2.75) is 38.5 Å². The van der Waals surface area contributed by atoms with Crippen LogP contribution in [0, 0.1) is 13.8 Å². The monoisotopic (exact) mass is 344 g/mol. The molecule has 0 aliphatic carbocycles. The molecule has 24 heavy (non-hydrogen) atoms. The Hall–Kier alpha value is -1.60. The number of halogens is 3. The van der Waals surface area contributed by atoms with E-state index in [0.717, 1.165) is 23.9 Å². The lowest BCUT2D eigenvalue weighted by atomic mass is 9.90. The van der Waals surface area contributed by atoms with Crippen LogP contribution in [0.3, 0.4) is 0 Å². The van der Waals surface area contributed by atoms with Crippen LogP contribution < -0.4 is 5.32 Å². The Labute approximate surface area is 140 Å². The van der Waals surface area contributed by atoms with Gasteiger partial charge in [0.15, 0.2) is 5.60 Å². The molecule has 0 radical (unpaired) electrons. The number of carbonyl (C=O) groups is 1.